The van der Waals surface area contributed by atoms with Crippen LogP contribution in [0.1, 0.15) is 21.6 Å². The SMILES string of the molecule is O=C(NCc1cc(-c2ccc3c(c2)OCO3)on1)c1ccc(Cn2ccnc2)cc1. The molecule has 3 heterocycles. The minimum absolute atomic E-state index is 0.170. The van der Waals surface area contributed by atoms with Crippen LogP contribution in [0, 0.1) is 0 Å². The predicted octanol–water partition coefficient (Wildman–Crippen LogP) is 3.25. The molecular formula is C22H18N4O4. The van der Waals surface area contributed by atoms with Crippen LogP contribution in [0.4, 0.5) is 0 Å². The number of nitrogens with one attached hydrogen (secondary N) is 1. The van der Waals surface area contributed by atoms with Crippen molar-refractivity contribution < 1.29 is 18.8 Å². The summed E-state index contributed by atoms with van der Waals surface area (Å²) in [6, 6.07) is 14.8. The molecule has 8 heteroatoms. The lowest BCUT2D eigenvalue weighted by molar-refractivity contribution is 0.0950. The Kier molecular flexibility index (Phi) is 4.65. The van der Waals surface area contributed by atoms with E-state index in [4.69, 9.17) is 14.0 Å². The first-order valence-electron chi connectivity index (χ1n) is 9.43. The van der Waals surface area contributed by atoms with Crippen molar-refractivity contribution in [3.63, 3.8) is 0 Å². The number of hydrogen-bond donors (Lipinski definition) is 1. The molecule has 1 aliphatic heterocycles. The zero-order valence-electron chi connectivity index (χ0n) is 15.9. The molecule has 0 unspecified atom stereocenters. The van der Waals surface area contributed by atoms with Crippen molar-refractivity contribution in [1.29, 1.82) is 0 Å². The van der Waals surface area contributed by atoms with Crippen LogP contribution in [0.15, 0.2) is 71.8 Å². The molecule has 0 aliphatic carbocycles. The van der Waals surface area contributed by atoms with Gasteiger partial charge in [-0.15, -0.1) is 0 Å². The van der Waals surface area contributed by atoms with E-state index in [1.807, 2.05) is 53.2 Å². The van der Waals surface area contributed by atoms with Gasteiger partial charge in [-0.2, -0.15) is 0 Å². The molecule has 2 aromatic carbocycles. The molecule has 150 valence electrons. The fraction of sp³-hybridized carbons (Fsp3) is 0.136. The molecule has 30 heavy (non-hydrogen) atoms. The van der Waals surface area contributed by atoms with Gasteiger partial charge in [0.1, 0.15) is 5.69 Å². The number of hydrogen-bond acceptors (Lipinski definition) is 6. The van der Waals surface area contributed by atoms with E-state index in [2.05, 4.69) is 15.5 Å². The van der Waals surface area contributed by atoms with Crippen molar-refractivity contribution in [2.75, 3.05) is 6.79 Å². The zero-order chi connectivity index (χ0) is 20.3. The van der Waals surface area contributed by atoms with Crippen LogP contribution in [0.5, 0.6) is 11.5 Å². The standard InChI is InChI=1S/C22H18N4O4/c27-22(16-3-1-15(2-4-16)12-26-8-7-23-13-26)24-11-18-10-20(30-25-18)17-5-6-19-21(9-17)29-14-28-19/h1-10,13H,11-12,14H2,(H,24,27). The van der Waals surface area contributed by atoms with Gasteiger partial charge in [-0.25, -0.2) is 4.98 Å². The monoisotopic (exact) mass is 402 g/mol. The minimum atomic E-state index is -0.170. The fourth-order valence-corrected chi connectivity index (χ4v) is 3.21. The normalized spacial score (nSPS) is 12.1. The maximum absolute atomic E-state index is 12.4. The van der Waals surface area contributed by atoms with E-state index in [-0.39, 0.29) is 19.2 Å². The molecule has 1 amide bonds. The van der Waals surface area contributed by atoms with Crippen LogP contribution in [-0.4, -0.2) is 27.4 Å². The molecule has 4 aromatic rings. The highest BCUT2D eigenvalue weighted by Gasteiger charge is 2.16. The molecule has 0 radical (unpaired) electrons. The van der Waals surface area contributed by atoms with Crippen molar-refractivity contribution in [3.8, 4) is 22.8 Å². The van der Waals surface area contributed by atoms with Gasteiger partial charge in [0, 0.05) is 36.1 Å². The molecule has 1 N–H and O–H groups in total. The molecule has 5 rings (SSSR count). The highest BCUT2D eigenvalue weighted by Crippen LogP contribution is 2.36. The van der Waals surface area contributed by atoms with Gasteiger partial charge < -0.3 is 23.9 Å². The second kappa shape index (κ2) is 7.75. The van der Waals surface area contributed by atoms with Gasteiger partial charge in [-0.05, 0) is 35.9 Å². The van der Waals surface area contributed by atoms with Crippen LogP contribution < -0.4 is 14.8 Å². The van der Waals surface area contributed by atoms with Gasteiger partial charge >= 0.3 is 0 Å². The summed E-state index contributed by atoms with van der Waals surface area (Å²) < 4.78 is 18.1. The Bertz CT molecular complexity index is 1170. The maximum atomic E-state index is 12.4. The first-order valence-corrected chi connectivity index (χ1v) is 9.43. The van der Waals surface area contributed by atoms with E-state index in [1.165, 1.54) is 0 Å². The molecule has 0 bridgehead atoms. The number of imidazole rings is 1. The molecule has 2 aromatic heterocycles. The lowest BCUT2D eigenvalue weighted by Gasteiger charge is -2.05. The molecule has 0 spiro atoms. The molecule has 0 atom stereocenters. The predicted molar refractivity (Wildman–Crippen MR) is 107 cm³/mol. The van der Waals surface area contributed by atoms with E-state index >= 15 is 0 Å². The molecular weight excluding hydrogens is 384 g/mol. The summed E-state index contributed by atoms with van der Waals surface area (Å²) in [6.07, 6.45) is 5.40. The smallest absolute Gasteiger partial charge is 0.251 e. The van der Waals surface area contributed by atoms with Crippen LogP contribution >= 0.6 is 0 Å². The quantitative estimate of drug-likeness (QED) is 0.532. The number of rotatable bonds is 6. The first kappa shape index (κ1) is 18.0. The third-order valence-electron chi connectivity index (χ3n) is 4.79. The second-order valence-electron chi connectivity index (χ2n) is 6.87. The minimum Gasteiger partial charge on any atom is -0.454 e. The van der Waals surface area contributed by atoms with E-state index in [1.54, 1.807) is 18.6 Å². The highest BCUT2D eigenvalue weighted by atomic mass is 16.7. The summed E-state index contributed by atoms with van der Waals surface area (Å²) in [5, 5.41) is 6.90. The lowest BCUT2D eigenvalue weighted by atomic mass is 10.1. The third-order valence-corrected chi connectivity index (χ3v) is 4.79. The van der Waals surface area contributed by atoms with E-state index in [9.17, 15) is 4.79 Å². The summed E-state index contributed by atoms with van der Waals surface area (Å²) in [5.41, 5.74) is 3.14. The van der Waals surface area contributed by atoms with E-state index in [0.29, 0.717) is 35.1 Å². The van der Waals surface area contributed by atoms with Crippen LogP contribution in [0.25, 0.3) is 11.3 Å². The van der Waals surface area contributed by atoms with E-state index < -0.39 is 0 Å². The van der Waals surface area contributed by atoms with Crippen LogP contribution in [-0.2, 0) is 13.1 Å². The first-order chi connectivity index (χ1) is 14.7. The average molecular weight is 402 g/mol. The Morgan fingerprint density at radius 2 is 1.93 bits per heavy atom. The average Bonchev–Trinajstić information content (AvgIpc) is 3.53. The van der Waals surface area contributed by atoms with Gasteiger partial charge in [0.15, 0.2) is 17.3 Å². The zero-order valence-corrected chi connectivity index (χ0v) is 15.9. The summed E-state index contributed by atoms with van der Waals surface area (Å²) in [4.78, 5) is 16.5. The number of carbonyl (C=O) groups is 1. The number of aromatic nitrogens is 3. The largest absolute Gasteiger partial charge is 0.454 e. The summed E-state index contributed by atoms with van der Waals surface area (Å²) >= 11 is 0. The van der Waals surface area contributed by atoms with Crippen molar-refractivity contribution in [1.82, 2.24) is 20.0 Å². The van der Waals surface area contributed by atoms with E-state index in [0.717, 1.165) is 11.1 Å². The third kappa shape index (κ3) is 3.75. The van der Waals surface area contributed by atoms with Crippen molar-refractivity contribution in [2.45, 2.75) is 13.1 Å². The number of amides is 1. The molecule has 8 nitrogen and oxygen atoms in total. The summed E-state index contributed by atoms with van der Waals surface area (Å²) in [7, 11) is 0. The van der Waals surface area contributed by atoms with Gasteiger partial charge in [-0.1, -0.05) is 17.3 Å². The number of carbonyl (C=O) groups excluding carboxylic acids is 1. The number of nitrogens with zero attached hydrogens (tertiary/aromatic N) is 3. The van der Waals surface area contributed by atoms with Gasteiger partial charge in [0.05, 0.1) is 12.9 Å². The Morgan fingerprint density at radius 1 is 1.07 bits per heavy atom. The Labute approximate surface area is 172 Å². The highest BCUT2D eigenvalue weighted by molar-refractivity contribution is 5.94. The Hall–Kier alpha value is -4.07. The van der Waals surface area contributed by atoms with Crippen LogP contribution in [0.3, 0.4) is 0 Å². The van der Waals surface area contributed by atoms with Crippen molar-refractivity contribution in [2.24, 2.45) is 0 Å². The number of fused-ring (bicyclic) bond motifs is 1. The second-order valence-corrected chi connectivity index (χ2v) is 6.87. The Morgan fingerprint density at radius 3 is 2.77 bits per heavy atom. The lowest BCUT2D eigenvalue weighted by Crippen LogP contribution is -2.22. The van der Waals surface area contributed by atoms with Crippen molar-refractivity contribution in [3.05, 3.63) is 84.1 Å². The molecule has 1 aliphatic rings. The molecule has 0 fully saturated rings. The molecule has 0 saturated heterocycles. The van der Waals surface area contributed by atoms with Gasteiger partial charge in [0.25, 0.3) is 5.91 Å². The number of ether oxygens (including phenoxy) is 2. The molecule has 0 saturated carbocycles. The summed E-state index contributed by atoms with van der Waals surface area (Å²) in [5.74, 6) is 1.82. The maximum Gasteiger partial charge on any atom is 0.251 e. The topological polar surface area (TPSA) is 91.4 Å². The van der Waals surface area contributed by atoms with Gasteiger partial charge in [-0.3, -0.25) is 4.79 Å². The number of benzene rings is 2. The Balaban J connectivity index is 1.20. The summed E-state index contributed by atoms with van der Waals surface area (Å²) in [6.45, 7) is 1.20. The fourth-order valence-electron chi connectivity index (χ4n) is 3.21. The van der Waals surface area contributed by atoms with Crippen LogP contribution in [0.2, 0.25) is 0 Å². The van der Waals surface area contributed by atoms with Gasteiger partial charge in [0.2, 0.25) is 6.79 Å². The van der Waals surface area contributed by atoms with Crippen molar-refractivity contribution >= 4 is 5.91 Å².